The average molecular weight is 324 g/mol. The van der Waals surface area contributed by atoms with Gasteiger partial charge in [0.2, 0.25) is 0 Å². The second-order valence-corrected chi connectivity index (χ2v) is 6.07. The highest BCUT2D eigenvalue weighted by atomic mass is 16.5. The van der Waals surface area contributed by atoms with Gasteiger partial charge in [0.25, 0.3) is 0 Å². The normalized spacial score (nSPS) is 17.7. The molecule has 1 unspecified atom stereocenters. The number of ether oxygens (including phenoxy) is 1. The van der Waals surface area contributed by atoms with Gasteiger partial charge in [-0.1, -0.05) is 56.3 Å². The number of methoxy groups -OCH3 is 1. The molecule has 0 saturated carbocycles. The van der Waals surface area contributed by atoms with Crippen molar-refractivity contribution in [3.63, 3.8) is 0 Å². The van der Waals surface area contributed by atoms with Gasteiger partial charge in [0.05, 0.1) is 18.7 Å². The molecule has 0 aromatic heterocycles. The number of urea groups is 1. The molecule has 0 aliphatic carbocycles. The van der Waals surface area contributed by atoms with Crippen molar-refractivity contribution in [1.82, 2.24) is 10.6 Å². The number of allylic oxidation sites excluding steroid dienone is 1. The molecule has 1 aliphatic rings. The number of carbonyl (C=O) groups excluding carboxylic acids is 2. The Hall–Kier alpha value is -2.82. The van der Waals surface area contributed by atoms with Crippen LogP contribution in [0.1, 0.15) is 25.5 Å². The lowest BCUT2D eigenvalue weighted by atomic mass is 9.89. The summed E-state index contributed by atoms with van der Waals surface area (Å²) in [5.74, 6) is -0.452. The maximum atomic E-state index is 12.4. The lowest BCUT2D eigenvalue weighted by Gasteiger charge is -2.31. The Bertz CT molecular complexity index is 834. The number of amides is 2. The maximum Gasteiger partial charge on any atom is 0.337 e. The van der Waals surface area contributed by atoms with E-state index in [4.69, 9.17) is 4.74 Å². The summed E-state index contributed by atoms with van der Waals surface area (Å²) in [6.45, 7) is 3.87. The topological polar surface area (TPSA) is 67.4 Å². The van der Waals surface area contributed by atoms with Crippen LogP contribution >= 0.6 is 0 Å². The van der Waals surface area contributed by atoms with E-state index in [-0.39, 0.29) is 11.9 Å². The van der Waals surface area contributed by atoms with Crippen LogP contribution in [0.25, 0.3) is 10.8 Å². The minimum atomic E-state index is -0.547. The predicted molar refractivity (Wildman–Crippen MR) is 92.2 cm³/mol. The Morgan fingerprint density at radius 1 is 1.12 bits per heavy atom. The van der Waals surface area contributed by atoms with Crippen LogP contribution in [0.3, 0.4) is 0 Å². The maximum absolute atomic E-state index is 12.4. The highest BCUT2D eigenvalue weighted by molar-refractivity contribution is 5.97. The summed E-state index contributed by atoms with van der Waals surface area (Å²) in [4.78, 5) is 24.6. The van der Waals surface area contributed by atoms with Crippen molar-refractivity contribution in [2.45, 2.75) is 19.9 Å². The first-order chi connectivity index (χ1) is 11.5. The van der Waals surface area contributed by atoms with Crippen LogP contribution in [0.15, 0.2) is 53.7 Å². The molecular formula is C19H20N2O3. The Labute approximate surface area is 140 Å². The van der Waals surface area contributed by atoms with E-state index >= 15 is 0 Å². The molecule has 1 atom stereocenters. The van der Waals surface area contributed by atoms with Crippen LogP contribution in [-0.4, -0.2) is 19.1 Å². The van der Waals surface area contributed by atoms with E-state index in [1.807, 2.05) is 56.3 Å². The van der Waals surface area contributed by atoms with Crippen molar-refractivity contribution in [3.8, 4) is 0 Å². The molecule has 5 heteroatoms. The number of hydrogen-bond donors (Lipinski definition) is 2. The Balaban J connectivity index is 2.24. The standard InChI is InChI=1S/C19H20N2O3/c1-11(2)16-15(18(22)24-3)17(21-19(23)20-16)14-10-6-8-12-7-4-5-9-13(12)14/h4-11,17H,1-3H3,(H2,20,21,23). The van der Waals surface area contributed by atoms with Gasteiger partial charge in [0.1, 0.15) is 0 Å². The number of carbonyl (C=O) groups is 2. The fourth-order valence-electron chi connectivity index (χ4n) is 3.11. The first kappa shape index (κ1) is 16.1. The SMILES string of the molecule is COC(=O)C1=C(C(C)C)NC(=O)NC1c1cccc2ccccc12. The zero-order valence-electron chi connectivity index (χ0n) is 13.9. The van der Waals surface area contributed by atoms with Gasteiger partial charge >= 0.3 is 12.0 Å². The van der Waals surface area contributed by atoms with Crippen molar-refractivity contribution in [2.75, 3.05) is 7.11 Å². The smallest absolute Gasteiger partial charge is 0.337 e. The van der Waals surface area contributed by atoms with Gasteiger partial charge in [-0.2, -0.15) is 0 Å². The van der Waals surface area contributed by atoms with E-state index in [0.29, 0.717) is 11.3 Å². The molecule has 0 bridgehead atoms. The van der Waals surface area contributed by atoms with Gasteiger partial charge in [-0.05, 0) is 22.3 Å². The van der Waals surface area contributed by atoms with E-state index < -0.39 is 12.0 Å². The van der Waals surface area contributed by atoms with Crippen molar-refractivity contribution in [3.05, 3.63) is 59.3 Å². The van der Waals surface area contributed by atoms with Gasteiger partial charge in [-0.15, -0.1) is 0 Å². The summed E-state index contributed by atoms with van der Waals surface area (Å²) in [6.07, 6.45) is 0. The molecule has 5 nitrogen and oxygen atoms in total. The molecule has 0 radical (unpaired) electrons. The first-order valence-corrected chi connectivity index (χ1v) is 7.90. The number of benzene rings is 2. The molecule has 0 spiro atoms. The van der Waals surface area contributed by atoms with Crippen LogP contribution in [0, 0.1) is 5.92 Å². The summed E-state index contributed by atoms with van der Waals surface area (Å²) in [5.41, 5.74) is 1.92. The van der Waals surface area contributed by atoms with Crippen LogP contribution in [0.4, 0.5) is 4.79 Å². The van der Waals surface area contributed by atoms with E-state index in [2.05, 4.69) is 10.6 Å². The van der Waals surface area contributed by atoms with Crippen LogP contribution in [0.2, 0.25) is 0 Å². The molecule has 0 saturated heterocycles. The average Bonchev–Trinajstić information content (AvgIpc) is 2.59. The fourth-order valence-corrected chi connectivity index (χ4v) is 3.11. The molecule has 2 N–H and O–H groups in total. The Morgan fingerprint density at radius 2 is 1.83 bits per heavy atom. The van der Waals surface area contributed by atoms with Crippen LogP contribution in [0.5, 0.6) is 0 Å². The molecule has 2 amide bonds. The number of nitrogens with one attached hydrogen (secondary N) is 2. The monoisotopic (exact) mass is 324 g/mol. The Morgan fingerprint density at radius 3 is 2.54 bits per heavy atom. The number of rotatable bonds is 3. The highest BCUT2D eigenvalue weighted by Crippen LogP contribution is 2.34. The van der Waals surface area contributed by atoms with Gasteiger partial charge < -0.3 is 15.4 Å². The van der Waals surface area contributed by atoms with Crippen molar-refractivity contribution >= 4 is 22.8 Å². The van der Waals surface area contributed by atoms with E-state index in [9.17, 15) is 9.59 Å². The zero-order chi connectivity index (χ0) is 17.3. The summed E-state index contributed by atoms with van der Waals surface area (Å²) < 4.78 is 4.98. The molecule has 3 rings (SSSR count). The lowest BCUT2D eigenvalue weighted by molar-refractivity contribution is -0.136. The lowest BCUT2D eigenvalue weighted by Crippen LogP contribution is -2.47. The first-order valence-electron chi connectivity index (χ1n) is 7.90. The third-order valence-electron chi connectivity index (χ3n) is 4.22. The molecule has 1 aliphatic heterocycles. The molecule has 0 fully saturated rings. The number of hydrogen-bond acceptors (Lipinski definition) is 3. The molecule has 1 heterocycles. The molecular weight excluding hydrogens is 304 g/mol. The molecule has 2 aromatic rings. The van der Waals surface area contributed by atoms with Crippen molar-refractivity contribution in [1.29, 1.82) is 0 Å². The largest absolute Gasteiger partial charge is 0.466 e. The second kappa shape index (κ2) is 6.35. The third-order valence-corrected chi connectivity index (χ3v) is 4.22. The number of fused-ring (bicyclic) bond motifs is 1. The van der Waals surface area contributed by atoms with E-state index in [0.717, 1.165) is 16.3 Å². The van der Waals surface area contributed by atoms with Gasteiger partial charge in [-0.25, -0.2) is 9.59 Å². The van der Waals surface area contributed by atoms with Gasteiger partial charge in [0.15, 0.2) is 0 Å². The van der Waals surface area contributed by atoms with Crippen LogP contribution < -0.4 is 10.6 Å². The van der Waals surface area contributed by atoms with Crippen molar-refractivity contribution in [2.24, 2.45) is 5.92 Å². The molecule has 2 aromatic carbocycles. The fraction of sp³-hybridized carbons (Fsp3) is 0.263. The van der Waals surface area contributed by atoms with E-state index in [1.54, 1.807) is 0 Å². The van der Waals surface area contributed by atoms with E-state index in [1.165, 1.54) is 7.11 Å². The summed E-state index contributed by atoms with van der Waals surface area (Å²) in [5, 5.41) is 7.67. The second-order valence-electron chi connectivity index (χ2n) is 6.07. The highest BCUT2D eigenvalue weighted by Gasteiger charge is 2.35. The van der Waals surface area contributed by atoms with Gasteiger partial charge in [-0.3, -0.25) is 0 Å². The minimum absolute atomic E-state index is 0.0115. The molecule has 124 valence electrons. The predicted octanol–water partition coefficient (Wildman–Crippen LogP) is 3.28. The minimum Gasteiger partial charge on any atom is -0.466 e. The summed E-state index contributed by atoms with van der Waals surface area (Å²) in [7, 11) is 1.35. The zero-order valence-corrected chi connectivity index (χ0v) is 13.9. The van der Waals surface area contributed by atoms with Gasteiger partial charge in [0, 0.05) is 5.70 Å². The quantitative estimate of drug-likeness (QED) is 0.852. The third kappa shape index (κ3) is 2.73. The van der Waals surface area contributed by atoms with Crippen LogP contribution in [-0.2, 0) is 9.53 Å². The summed E-state index contributed by atoms with van der Waals surface area (Å²) in [6, 6.07) is 12.9. The number of esters is 1. The summed E-state index contributed by atoms with van der Waals surface area (Å²) >= 11 is 0. The van der Waals surface area contributed by atoms with Crippen molar-refractivity contribution < 1.29 is 14.3 Å². The molecule has 24 heavy (non-hydrogen) atoms. The Kier molecular flexibility index (Phi) is 4.25.